The highest BCUT2D eigenvalue weighted by Crippen LogP contribution is 2.39. The zero-order valence-corrected chi connectivity index (χ0v) is 9.49. The first kappa shape index (κ1) is 10.7. The topological polar surface area (TPSA) is 61.7 Å². The fraction of sp³-hybridized carbons (Fsp3) is 0.538. The highest BCUT2D eigenvalue weighted by atomic mass is 16.4. The molecule has 5 unspecified atom stereocenters. The minimum Gasteiger partial charge on any atom is -0.481 e. The predicted octanol–water partition coefficient (Wildman–Crippen LogP) is 1.21. The standard InChI is InChI=1S/C13H16N2O2/c16-13(17)8-3-4-11-10(6-8)9-2-1-5-14-7-12(9)15-11/h1,3-5,7-12,15H,2,6H2,(H,16,17). The van der Waals surface area contributed by atoms with E-state index < -0.39 is 5.97 Å². The zero-order valence-electron chi connectivity index (χ0n) is 9.49. The van der Waals surface area contributed by atoms with Crippen molar-refractivity contribution >= 4 is 12.2 Å². The van der Waals surface area contributed by atoms with Gasteiger partial charge in [-0.2, -0.15) is 0 Å². The van der Waals surface area contributed by atoms with Crippen molar-refractivity contribution in [3.63, 3.8) is 0 Å². The van der Waals surface area contributed by atoms with Crippen LogP contribution in [0.1, 0.15) is 12.8 Å². The average molecular weight is 232 g/mol. The van der Waals surface area contributed by atoms with Gasteiger partial charge in [0, 0.05) is 24.5 Å². The molecular formula is C13H16N2O2. The van der Waals surface area contributed by atoms with Gasteiger partial charge < -0.3 is 10.4 Å². The summed E-state index contributed by atoms with van der Waals surface area (Å²) in [5, 5.41) is 12.6. The van der Waals surface area contributed by atoms with Crippen molar-refractivity contribution in [3.05, 3.63) is 24.4 Å². The summed E-state index contributed by atoms with van der Waals surface area (Å²) in [6.07, 6.45) is 11.5. The van der Waals surface area contributed by atoms with Gasteiger partial charge in [0.25, 0.3) is 0 Å². The number of hydrogen-bond acceptors (Lipinski definition) is 3. The molecule has 0 saturated carbocycles. The van der Waals surface area contributed by atoms with Gasteiger partial charge >= 0.3 is 5.97 Å². The number of aliphatic carboxylic acids is 1. The van der Waals surface area contributed by atoms with E-state index in [1.165, 1.54) is 0 Å². The van der Waals surface area contributed by atoms with E-state index in [1.54, 1.807) is 0 Å². The van der Waals surface area contributed by atoms with Gasteiger partial charge in [-0.15, -0.1) is 0 Å². The van der Waals surface area contributed by atoms with Crippen molar-refractivity contribution in [2.75, 3.05) is 0 Å². The normalized spacial score (nSPS) is 42.9. The smallest absolute Gasteiger partial charge is 0.310 e. The Bertz CT molecular complexity index is 414. The molecule has 2 N–H and O–H groups in total. The first-order valence-electron chi connectivity index (χ1n) is 6.11. The molecule has 0 radical (unpaired) electrons. The van der Waals surface area contributed by atoms with E-state index in [-0.39, 0.29) is 12.0 Å². The number of carboxylic acid groups (broad SMARTS) is 1. The quantitative estimate of drug-likeness (QED) is 0.668. The molecule has 1 fully saturated rings. The Balaban J connectivity index is 1.83. The molecule has 0 aromatic rings. The second-order valence-corrected chi connectivity index (χ2v) is 5.03. The number of fused-ring (bicyclic) bond motifs is 3. The molecule has 0 spiro atoms. The van der Waals surface area contributed by atoms with Crippen LogP contribution in [-0.4, -0.2) is 29.4 Å². The summed E-state index contributed by atoms with van der Waals surface area (Å²) in [5.74, 6) is -0.128. The Morgan fingerprint density at radius 3 is 3.00 bits per heavy atom. The number of aliphatic imine (C=N–C) groups is 1. The van der Waals surface area contributed by atoms with E-state index in [0.29, 0.717) is 17.9 Å². The maximum atomic E-state index is 11.1. The lowest BCUT2D eigenvalue weighted by Gasteiger charge is -2.27. The third kappa shape index (κ3) is 1.82. The van der Waals surface area contributed by atoms with Crippen LogP contribution >= 0.6 is 0 Å². The summed E-state index contributed by atoms with van der Waals surface area (Å²) in [7, 11) is 0. The van der Waals surface area contributed by atoms with E-state index in [0.717, 1.165) is 12.8 Å². The number of nitrogens with one attached hydrogen (secondary N) is 1. The van der Waals surface area contributed by atoms with Crippen molar-refractivity contribution in [2.24, 2.45) is 22.7 Å². The predicted molar refractivity (Wildman–Crippen MR) is 64.8 cm³/mol. The van der Waals surface area contributed by atoms with Crippen LogP contribution in [0.15, 0.2) is 29.4 Å². The average Bonchev–Trinajstić information content (AvgIpc) is 2.51. The summed E-state index contributed by atoms with van der Waals surface area (Å²) in [5.41, 5.74) is 0. The summed E-state index contributed by atoms with van der Waals surface area (Å²) in [6.45, 7) is 0. The number of carboxylic acids is 1. The van der Waals surface area contributed by atoms with E-state index in [2.05, 4.69) is 16.4 Å². The third-order valence-electron chi connectivity index (χ3n) is 4.10. The van der Waals surface area contributed by atoms with Gasteiger partial charge in [-0.1, -0.05) is 18.2 Å². The molecule has 3 aliphatic rings. The van der Waals surface area contributed by atoms with Crippen LogP contribution in [0, 0.1) is 17.8 Å². The fourth-order valence-corrected chi connectivity index (χ4v) is 3.23. The van der Waals surface area contributed by atoms with E-state index in [9.17, 15) is 4.79 Å². The second-order valence-electron chi connectivity index (χ2n) is 5.03. The molecule has 2 heterocycles. The molecule has 4 heteroatoms. The Morgan fingerprint density at radius 1 is 1.29 bits per heavy atom. The van der Waals surface area contributed by atoms with E-state index >= 15 is 0 Å². The van der Waals surface area contributed by atoms with E-state index in [1.807, 2.05) is 24.6 Å². The molecule has 0 bridgehead atoms. The first-order chi connectivity index (χ1) is 8.25. The van der Waals surface area contributed by atoms with Crippen LogP contribution in [0.4, 0.5) is 0 Å². The van der Waals surface area contributed by atoms with Crippen molar-refractivity contribution < 1.29 is 9.90 Å². The summed E-state index contributed by atoms with van der Waals surface area (Å²) in [4.78, 5) is 15.3. The van der Waals surface area contributed by atoms with Gasteiger partial charge in [0.1, 0.15) is 0 Å². The number of allylic oxidation sites excluding steroid dienone is 1. The molecule has 1 saturated heterocycles. The monoisotopic (exact) mass is 232 g/mol. The van der Waals surface area contributed by atoms with E-state index in [4.69, 9.17) is 5.11 Å². The second kappa shape index (κ2) is 4.11. The molecule has 4 nitrogen and oxygen atoms in total. The number of carbonyl (C=O) groups is 1. The Hall–Kier alpha value is -1.42. The van der Waals surface area contributed by atoms with Crippen LogP contribution in [0.3, 0.4) is 0 Å². The van der Waals surface area contributed by atoms with Crippen LogP contribution in [-0.2, 0) is 4.79 Å². The summed E-state index contributed by atoms with van der Waals surface area (Å²) >= 11 is 0. The van der Waals surface area contributed by atoms with Crippen molar-refractivity contribution in [2.45, 2.75) is 24.9 Å². The molecule has 2 aliphatic heterocycles. The van der Waals surface area contributed by atoms with Crippen molar-refractivity contribution in [1.82, 2.24) is 5.32 Å². The number of rotatable bonds is 1. The Labute approximate surface area is 100 Å². The number of hydrogen-bond donors (Lipinski definition) is 2. The largest absolute Gasteiger partial charge is 0.481 e. The van der Waals surface area contributed by atoms with Crippen molar-refractivity contribution in [1.29, 1.82) is 0 Å². The maximum absolute atomic E-state index is 11.1. The van der Waals surface area contributed by atoms with Gasteiger partial charge in [0.15, 0.2) is 0 Å². The lowest BCUT2D eigenvalue weighted by atomic mass is 9.76. The molecule has 3 rings (SSSR count). The SMILES string of the molecule is O=C(O)C1C=CC2NC3C=NC=CCC3C2C1. The lowest BCUT2D eigenvalue weighted by Crippen LogP contribution is -2.33. The third-order valence-corrected chi connectivity index (χ3v) is 4.10. The molecule has 0 aromatic heterocycles. The lowest BCUT2D eigenvalue weighted by molar-refractivity contribution is -0.140. The molecule has 5 atom stereocenters. The molecule has 17 heavy (non-hydrogen) atoms. The fourth-order valence-electron chi connectivity index (χ4n) is 3.23. The van der Waals surface area contributed by atoms with Gasteiger partial charge in [0.2, 0.25) is 0 Å². The molecule has 90 valence electrons. The molecule has 0 aromatic carbocycles. The zero-order chi connectivity index (χ0) is 11.8. The number of nitrogens with zero attached hydrogens (tertiary/aromatic N) is 1. The maximum Gasteiger partial charge on any atom is 0.310 e. The van der Waals surface area contributed by atoms with Crippen LogP contribution < -0.4 is 5.32 Å². The van der Waals surface area contributed by atoms with Gasteiger partial charge in [-0.05, 0) is 24.7 Å². The van der Waals surface area contributed by atoms with Crippen LogP contribution in [0.2, 0.25) is 0 Å². The molecular weight excluding hydrogens is 216 g/mol. The summed E-state index contributed by atoms with van der Waals surface area (Å²) < 4.78 is 0. The Kier molecular flexibility index (Phi) is 2.59. The van der Waals surface area contributed by atoms with Crippen LogP contribution in [0.25, 0.3) is 0 Å². The van der Waals surface area contributed by atoms with Gasteiger partial charge in [0.05, 0.1) is 5.92 Å². The minimum atomic E-state index is -0.707. The van der Waals surface area contributed by atoms with Gasteiger partial charge in [-0.25, -0.2) is 0 Å². The Morgan fingerprint density at radius 2 is 2.18 bits per heavy atom. The van der Waals surface area contributed by atoms with Crippen LogP contribution in [0.5, 0.6) is 0 Å². The molecule has 1 aliphatic carbocycles. The van der Waals surface area contributed by atoms with Gasteiger partial charge in [-0.3, -0.25) is 9.79 Å². The minimum absolute atomic E-state index is 0.289. The first-order valence-corrected chi connectivity index (χ1v) is 6.11. The van der Waals surface area contributed by atoms with Crippen molar-refractivity contribution in [3.8, 4) is 0 Å². The summed E-state index contributed by atoms with van der Waals surface area (Å²) in [6, 6.07) is 0.607. The highest BCUT2D eigenvalue weighted by molar-refractivity contribution is 5.73. The molecule has 0 amide bonds. The highest BCUT2D eigenvalue weighted by Gasteiger charge is 2.43.